The Balaban J connectivity index is 2.11. The van der Waals surface area contributed by atoms with E-state index in [-0.39, 0.29) is 11.3 Å². The van der Waals surface area contributed by atoms with Crippen LogP contribution in [0.5, 0.6) is 5.75 Å². The molecular weight excluding hydrogens is 238 g/mol. The summed E-state index contributed by atoms with van der Waals surface area (Å²) in [6.45, 7) is 0.895. The van der Waals surface area contributed by atoms with Crippen molar-refractivity contribution in [2.75, 3.05) is 26.1 Å². The molecule has 0 radical (unpaired) electrons. The van der Waals surface area contributed by atoms with Gasteiger partial charge in [-0.1, -0.05) is 18.2 Å². The van der Waals surface area contributed by atoms with Gasteiger partial charge in [0.15, 0.2) is 0 Å². The van der Waals surface area contributed by atoms with Gasteiger partial charge in [0, 0.05) is 29.2 Å². The van der Waals surface area contributed by atoms with Gasteiger partial charge in [0.25, 0.3) is 0 Å². The lowest BCUT2D eigenvalue weighted by molar-refractivity contribution is 0.217. The highest BCUT2D eigenvalue weighted by Gasteiger charge is 2.31. The molecule has 1 aromatic rings. The van der Waals surface area contributed by atoms with E-state index in [1.807, 2.05) is 24.3 Å². The van der Waals surface area contributed by atoms with E-state index in [2.05, 4.69) is 0 Å². The fourth-order valence-corrected chi connectivity index (χ4v) is 3.25. The summed E-state index contributed by atoms with van der Waals surface area (Å²) in [4.78, 5) is 0. The maximum atomic E-state index is 12.0. The first-order chi connectivity index (χ1) is 8.24. The molecule has 2 N–H and O–H groups in total. The zero-order chi connectivity index (χ0) is 12.3. The molecule has 0 aromatic heterocycles. The molecular formula is C12H17NO3S. The zero-order valence-corrected chi connectivity index (χ0v) is 10.6. The monoisotopic (exact) mass is 255 g/mol. The van der Waals surface area contributed by atoms with Gasteiger partial charge in [-0.3, -0.25) is 4.21 Å². The Labute approximate surface area is 104 Å². The first-order valence-corrected chi connectivity index (χ1v) is 6.95. The summed E-state index contributed by atoms with van der Waals surface area (Å²) in [5.74, 6) is 1.31. The summed E-state index contributed by atoms with van der Waals surface area (Å²) in [6, 6.07) is 7.43. The largest absolute Gasteiger partial charge is 0.492 e. The Morgan fingerprint density at radius 2 is 2.29 bits per heavy atom. The lowest BCUT2D eigenvalue weighted by atomic mass is 10.0. The second-order valence-electron chi connectivity index (χ2n) is 3.99. The van der Waals surface area contributed by atoms with Crippen LogP contribution < -0.4 is 10.5 Å². The van der Waals surface area contributed by atoms with Gasteiger partial charge in [-0.15, -0.1) is 0 Å². The fourth-order valence-electron chi connectivity index (χ4n) is 1.92. The molecule has 0 spiro atoms. The average molecular weight is 255 g/mol. The van der Waals surface area contributed by atoms with Crippen molar-refractivity contribution in [3.8, 4) is 5.75 Å². The van der Waals surface area contributed by atoms with Gasteiger partial charge in [-0.2, -0.15) is 0 Å². The first-order valence-electron chi connectivity index (χ1n) is 5.57. The van der Waals surface area contributed by atoms with E-state index in [0.29, 0.717) is 19.0 Å². The minimum Gasteiger partial charge on any atom is -0.492 e. The Morgan fingerprint density at radius 1 is 1.53 bits per heavy atom. The lowest BCUT2D eigenvalue weighted by Crippen LogP contribution is -2.40. The molecule has 94 valence electrons. The quantitative estimate of drug-likeness (QED) is 0.866. The van der Waals surface area contributed by atoms with E-state index < -0.39 is 10.8 Å². The van der Waals surface area contributed by atoms with E-state index in [0.717, 1.165) is 11.3 Å². The molecule has 1 aromatic carbocycles. The van der Waals surface area contributed by atoms with Gasteiger partial charge in [-0.05, 0) is 6.07 Å². The van der Waals surface area contributed by atoms with Crippen molar-refractivity contribution in [1.82, 2.24) is 0 Å². The molecule has 2 rings (SSSR count). The van der Waals surface area contributed by atoms with Gasteiger partial charge in [0.1, 0.15) is 12.4 Å². The third kappa shape index (κ3) is 2.68. The summed E-state index contributed by atoms with van der Waals surface area (Å²) in [7, 11) is 0.582. The molecule has 3 atom stereocenters. The van der Waals surface area contributed by atoms with Gasteiger partial charge >= 0.3 is 0 Å². The lowest BCUT2D eigenvalue weighted by Gasteiger charge is -2.30. The van der Waals surface area contributed by atoms with Crippen LogP contribution in [0.1, 0.15) is 11.6 Å². The third-order valence-electron chi connectivity index (χ3n) is 2.91. The highest BCUT2D eigenvalue weighted by atomic mass is 32.2. The summed E-state index contributed by atoms with van der Waals surface area (Å²) >= 11 is 0. The van der Waals surface area contributed by atoms with E-state index in [1.54, 1.807) is 7.11 Å². The van der Waals surface area contributed by atoms with Gasteiger partial charge < -0.3 is 15.2 Å². The Morgan fingerprint density at radius 3 is 3.06 bits per heavy atom. The summed E-state index contributed by atoms with van der Waals surface area (Å²) < 4.78 is 22.6. The number of fused-ring (bicyclic) bond motifs is 1. The number of methoxy groups -OCH3 is 1. The molecule has 0 aliphatic carbocycles. The van der Waals surface area contributed by atoms with Crippen molar-refractivity contribution in [3.05, 3.63) is 29.8 Å². The number of hydrogen-bond acceptors (Lipinski definition) is 4. The standard InChI is InChI=1S/C12H17NO3S/c1-15-6-7-17(14)11-8-16-10-5-3-2-4-9(10)12(11)13/h2-5,11-12H,6-8,13H2,1H3. The first kappa shape index (κ1) is 12.5. The average Bonchev–Trinajstić information content (AvgIpc) is 2.37. The highest BCUT2D eigenvalue weighted by Crippen LogP contribution is 2.32. The van der Waals surface area contributed by atoms with Crippen LogP contribution in [0.3, 0.4) is 0 Å². The molecule has 0 amide bonds. The molecule has 1 aliphatic heterocycles. The SMILES string of the molecule is COCCS(=O)C1COc2ccccc2C1N. The number of rotatable bonds is 4. The molecule has 0 saturated carbocycles. The number of ether oxygens (including phenoxy) is 2. The summed E-state index contributed by atoms with van der Waals surface area (Å²) in [5.41, 5.74) is 7.09. The summed E-state index contributed by atoms with van der Waals surface area (Å²) in [5, 5.41) is -0.153. The molecule has 0 fully saturated rings. The number of para-hydroxylation sites is 1. The van der Waals surface area contributed by atoms with Crippen molar-refractivity contribution in [2.24, 2.45) is 5.73 Å². The van der Waals surface area contributed by atoms with Gasteiger partial charge in [-0.25, -0.2) is 0 Å². The second kappa shape index (κ2) is 5.62. The summed E-state index contributed by atoms with van der Waals surface area (Å²) in [6.07, 6.45) is 0. The van der Waals surface area contributed by atoms with Gasteiger partial charge in [0.05, 0.1) is 17.9 Å². The van der Waals surface area contributed by atoms with E-state index in [1.165, 1.54) is 0 Å². The minimum absolute atomic E-state index is 0.153. The van der Waals surface area contributed by atoms with Crippen LogP contribution in [-0.4, -0.2) is 35.5 Å². The predicted octanol–water partition coefficient (Wildman–Crippen LogP) is 0.843. The van der Waals surface area contributed by atoms with Crippen LogP contribution in [-0.2, 0) is 15.5 Å². The molecule has 0 bridgehead atoms. The maximum Gasteiger partial charge on any atom is 0.124 e. The molecule has 5 heteroatoms. The Hall–Kier alpha value is -0.910. The zero-order valence-electron chi connectivity index (χ0n) is 9.80. The Kier molecular flexibility index (Phi) is 4.15. The number of hydrogen-bond donors (Lipinski definition) is 1. The molecule has 4 nitrogen and oxygen atoms in total. The van der Waals surface area contributed by atoms with Gasteiger partial charge in [0.2, 0.25) is 0 Å². The van der Waals surface area contributed by atoms with Crippen LogP contribution in [0, 0.1) is 0 Å². The molecule has 0 saturated heterocycles. The van der Waals surface area contributed by atoms with Crippen molar-refractivity contribution < 1.29 is 13.7 Å². The minimum atomic E-state index is -1.02. The van der Waals surface area contributed by atoms with Crippen LogP contribution in [0.15, 0.2) is 24.3 Å². The van der Waals surface area contributed by atoms with E-state index in [4.69, 9.17) is 15.2 Å². The second-order valence-corrected chi connectivity index (χ2v) is 5.77. The Bertz CT molecular complexity index is 410. The highest BCUT2D eigenvalue weighted by molar-refractivity contribution is 7.85. The van der Waals surface area contributed by atoms with Crippen molar-refractivity contribution in [3.63, 3.8) is 0 Å². The van der Waals surface area contributed by atoms with Crippen molar-refractivity contribution in [2.45, 2.75) is 11.3 Å². The maximum absolute atomic E-state index is 12.0. The van der Waals surface area contributed by atoms with Crippen LogP contribution in [0.25, 0.3) is 0 Å². The van der Waals surface area contributed by atoms with Crippen molar-refractivity contribution in [1.29, 1.82) is 0 Å². The molecule has 17 heavy (non-hydrogen) atoms. The number of benzene rings is 1. The van der Waals surface area contributed by atoms with Crippen LogP contribution >= 0.6 is 0 Å². The normalized spacial score (nSPS) is 24.8. The van der Waals surface area contributed by atoms with E-state index >= 15 is 0 Å². The smallest absolute Gasteiger partial charge is 0.124 e. The topological polar surface area (TPSA) is 61.5 Å². The number of nitrogens with two attached hydrogens (primary N) is 1. The van der Waals surface area contributed by atoms with Crippen LogP contribution in [0.2, 0.25) is 0 Å². The van der Waals surface area contributed by atoms with E-state index in [9.17, 15) is 4.21 Å². The van der Waals surface area contributed by atoms with Crippen molar-refractivity contribution >= 4 is 10.8 Å². The van der Waals surface area contributed by atoms with Crippen LogP contribution in [0.4, 0.5) is 0 Å². The molecule has 1 heterocycles. The third-order valence-corrected chi connectivity index (χ3v) is 4.58. The fraction of sp³-hybridized carbons (Fsp3) is 0.500. The predicted molar refractivity (Wildman–Crippen MR) is 67.5 cm³/mol. The molecule has 1 aliphatic rings. The molecule has 3 unspecified atom stereocenters.